The van der Waals surface area contributed by atoms with Gasteiger partial charge in [0.25, 0.3) is 0 Å². The molecule has 4 heteroatoms. The van der Waals surface area contributed by atoms with Crippen molar-refractivity contribution in [1.82, 2.24) is 0 Å². The first-order valence-electron chi connectivity index (χ1n) is 6.74. The molecule has 0 amide bonds. The fourth-order valence-electron chi connectivity index (χ4n) is 1.66. The molecule has 0 aromatic heterocycles. The van der Waals surface area contributed by atoms with Crippen molar-refractivity contribution in [2.45, 2.75) is 45.2 Å². The molecular formula is C15H23O3Si. The van der Waals surface area contributed by atoms with Gasteiger partial charge in [0, 0.05) is 0 Å². The number of ether oxygens (including phenoxy) is 2. The first kappa shape index (κ1) is 14.6. The van der Waals surface area contributed by atoms with Crippen LogP contribution in [0.5, 0.6) is 5.75 Å². The van der Waals surface area contributed by atoms with Crippen LogP contribution in [0, 0.1) is 6.07 Å². The van der Waals surface area contributed by atoms with Crippen molar-refractivity contribution in [2.75, 3.05) is 13.2 Å². The van der Waals surface area contributed by atoms with Gasteiger partial charge < -0.3 is 13.9 Å². The number of hydrogen-bond donors (Lipinski definition) is 0. The van der Waals surface area contributed by atoms with Crippen molar-refractivity contribution in [2.24, 2.45) is 0 Å². The van der Waals surface area contributed by atoms with Gasteiger partial charge in [0.05, 0.1) is 18.8 Å². The Morgan fingerprint density at radius 2 is 1.89 bits per heavy atom. The summed E-state index contributed by atoms with van der Waals surface area (Å²) in [7, 11) is -1.86. The van der Waals surface area contributed by atoms with Gasteiger partial charge in [0.2, 0.25) is 8.32 Å². The van der Waals surface area contributed by atoms with E-state index in [-0.39, 0.29) is 11.3 Å². The Labute approximate surface area is 117 Å². The van der Waals surface area contributed by atoms with Crippen LogP contribution in [0.3, 0.4) is 0 Å². The molecule has 3 nitrogen and oxygen atoms in total. The maximum atomic E-state index is 6.36. The molecule has 0 bridgehead atoms. The Hall–Kier alpha value is -0.843. The zero-order valence-corrected chi connectivity index (χ0v) is 13.4. The van der Waals surface area contributed by atoms with Crippen molar-refractivity contribution >= 4 is 8.32 Å². The Morgan fingerprint density at radius 1 is 1.26 bits per heavy atom. The molecule has 1 aliphatic rings. The van der Waals surface area contributed by atoms with E-state index in [1.165, 1.54) is 0 Å². The molecule has 1 aliphatic heterocycles. The van der Waals surface area contributed by atoms with Crippen LogP contribution < -0.4 is 4.43 Å². The molecule has 0 atom stereocenters. The molecule has 0 aliphatic carbocycles. The minimum absolute atomic E-state index is 0.164. The first-order chi connectivity index (χ1) is 8.81. The summed E-state index contributed by atoms with van der Waals surface area (Å²) in [5.74, 6) is 0.848. The lowest BCUT2D eigenvalue weighted by molar-refractivity contribution is -0.0452. The molecule has 1 aromatic rings. The number of hydrogen-bond acceptors (Lipinski definition) is 3. The molecule has 1 fully saturated rings. The molecule has 1 heterocycles. The third kappa shape index (κ3) is 3.19. The van der Waals surface area contributed by atoms with Gasteiger partial charge in [-0.1, -0.05) is 32.9 Å². The third-order valence-electron chi connectivity index (χ3n) is 3.88. The Morgan fingerprint density at radius 3 is 2.47 bits per heavy atom. The molecule has 0 spiro atoms. The van der Waals surface area contributed by atoms with Crippen LogP contribution in [0.2, 0.25) is 18.1 Å². The molecule has 0 saturated carbocycles. The Kier molecular flexibility index (Phi) is 4.04. The maximum absolute atomic E-state index is 6.36. The lowest BCUT2D eigenvalue weighted by Crippen LogP contribution is -2.44. The summed E-state index contributed by atoms with van der Waals surface area (Å²) in [5, 5.41) is 0.164. The molecule has 0 N–H and O–H groups in total. The van der Waals surface area contributed by atoms with Gasteiger partial charge in [-0.25, -0.2) is 0 Å². The first-order valence-corrected chi connectivity index (χ1v) is 9.65. The van der Waals surface area contributed by atoms with E-state index in [0.717, 1.165) is 11.3 Å². The lowest BCUT2D eigenvalue weighted by Gasteiger charge is -2.37. The Balaban J connectivity index is 2.25. The zero-order valence-electron chi connectivity index (χ0n) is 12.4. The topological polar surface area (TPSA) is 27.7 Å². The van der Waals surface area contributed by atoms with Crippen LogP contribution in [0.15, 0.2) is 18.2 Å². The highest BCUT2D eigenvalue weighted by Crippen LogP contribution is 2.39. The van der Waals surface area contributed by atoms with Gasteiger partial charge in [-0.3, -0.25) is 0 Å². The number of rotatable bonds is 3. The van der Waals surface area contributed by atoms with Crippen molar-refractivity contribution in [3.05, 3.63) is 29.8 Å². The summed E-state index contributed by atoms with van der Waals surface area (Å²) >= 11 is 0. The van der Waals surface area contributed by atoms with Crippen molar-refractivity contribution in [3.8, 4) is 5.75 Å². The van der Waals surface area contributed by atoms with Crippen molar-refractivity contribution < 1.29 is 13.9 Å². The van der Waals surface area contributed by atoms with E-state index in [1.54, 1.807) is 0 Å². The fraction of sp³-hybridized carbons (Fsp3) is 0.600. The maximum Gasteiger partial charge on any atom is 0.250 e. The fourth-order valence-corrected chi connectivity index (χ4v) is 2.69. The summed E-state index contributed by atoms with van der Waals surface area (Å²) < 4.78 is 17.5. The zero-order chi connectivity index (χ0) is 14.1. The summed E-state index contributed by atoms with van der Waals surface area (Å²) in [6, 6.07) is 9.00. The minimum atomic E-state index is -1.86. The Bertz CT molecular complexity index is 431. The molecule has 1 saturated heterocycles. The molecule has 105 valence electrons. The average molecular weight is 279 g/mol. The van der Waals surface area contributed by atoms with Crippen LogP contribution in [-0.4, -0.2) is 21.5 Å². The SMILES string of the molecule is CC(C)(C)[Si](C)(C)Oc1ccc[c]c1C1OCCO1. The molecule has 2 rings (SSSR count). The lowest BCUT2D eigenvalue weighted by atomic mass is 10.2. The largest absolute Gasteiger partial charge is 0.543 e. The predicted octanol–water partition coefficient (Wildman–Crippen LogP) is 3.92. The quantitative estimate of drug-likeness (QED) is 0.785. The monoisotopic (exact) mass is 279 g/mol. The molecule has 19 heavy (non-hydrogen) atoms. The molecule has 1 aromatic carbocycles. The minimum Gasteiger partial charge on any atom is -0.543 e. The van der Waals surface area contributed by atoms with Crippen LogP contribution in [0.25, 0.3) is 0 Å². The highest BCUT2D eigenvalue weighted by Gasteiger charge is 2.39. The van der Waals surface area contributed by atoms with Gasteiger partial charge >= 0.3 is 0 Å². The molecule has 0 unspecified atom stereocenters. The van der Waals surface area contributed by atoms with Crippen LogP contribution in [0.4, 0.5) is 0 Å². The van der Waals surface area contributed by atoms with Gasteiger partial charge in [0.1, 0.15) is 5.75 Å². The average Bonchev–Trinajstić information content (AvgIpc) is 2.81. The highest BCUT2D eigenvalue weighted by molar-refractivity contribution is 6.74. The van der Waals surface area contributed by atoms with Crippen LogP contribution >= 0.6 is 0 Å². The van der Waals surface area contributed by atoms with E-state index in [4.69, 9.17) is 13.9 Å². The van der Waals surface area contributed by atoms with Crippen molar-refractivity contribution in [3.63, 3.8) is 0 Å². The van der Waals surface area contributed by atoms with E-state index < -0.39 is 8.32 Å². The number of benzene rings is 1. The smallest absolute Gasteiger partial charge is 0.250 e. The van der Waals surface area contributed by atoms with E-state index in [2.05, 4.69) is 39.9 Å². The van der Waals surface area contributed by atoms with E-state index in [0.29, 0.717) is 13.2 Å². The van der Waals surface area contributed by atoms with Gasteiger partial charge in [0.15, 0.2) is 6.29 Å². The second kappa shape index (κ2) is 5.27. The summed E-state index contributed by atoms with van der Waals surface area (Å²) in [4.78, 5) is 0. The summed E-state index contributed by atoms with van der Waals surface area (Å²) in [6.45, 7) is 12.4. The van der Waals surface area contributed by atoms with Gasteiger partial charge in [-0.2, -0.15) is 0 Å². The van der Waals surface area contributed by atoms with Gasteiger partial charge in [-0.15, -0.1) is 0 Å². The van der Waals surface area contributed by atoms with E-state index in [1.807, 2.05) is 18.2 Å². The van der Waals surface area contributed by atoms with E-state index in [9.17, 15) is 0 Å². The normalized spacial score (nSPS) is 17.7. The third-order valence-corrected chi connectivity index (χ3v) is 8.22. The van der Waals surface area contributed by atoms with Crippen LogP contribution in [0.1, 0.15) is 32.6 Å². The standard InChI is InChI=1S/C15H23O3Si/c1-15(2,3)19(4,5)18-13-9-7-6-8-12(13)14-16-10-11-17-14/h6-7,9,14H,10-11H2,1-5H3. The molecule has 1 radical (unpaired) electrons. The summed E-state index contributed by atoms with van der Waals surface area (Å²) in [6.07, 6.45) is -0.332. The predicted molar refractivity (Wildman–Crippen MR) is 77.7 cm³/mol. The van der Waals surface area contributed by atoms with E-state index >= 15 is 0 Å². The highest BCUT2D eigenvalue weighted by atomic mass is 28.4. The second-order valence-electron chi connectivity index (χ2n) is 6.38. The molecular weight excluding hydrogens is 256 g/mol. The van der Waals surface area contributed by atoms with Gasteiger partial charge in [-0.05, 0) is 30.3 Å². The van der Waals surface area contributed by atoms with Crippen molar-refractivity contribution in [1.29, 1.82) is 0 Å². The van der Waals surface area contributed by atoms with Crippen LogP contribution in [-0.2, 0) is 9.47 Å². The summed E-state index contributed by atoms with van der Waals surface area (Å²) in [5.41, 5.74) is 0.879. The second-order valence-corrected chi connectivity index (χ2v) is 11.1.